The van der Waals surface area contributed by atoms with E-state index in [1.54, 1.807) is 39.1 Å². The Morgan fingerprint density at radius 2 is 1.80 bits per heavy atom. The van der Waals surface area contributed by atoms with Crippen LogP contribution >= 0.6 is 0 Å². The van der Waals surface area contributed by atoms with Crippen molar-refractivity contribution in [2.75, 3.05) is 27.3 Å². The molecular formula is C33H34FN3O4. The van der Waals surface area contributed by atoms with Crippen LogP contribution in [0.15, 0.2) is 71.7 Å². The van der Waals surface area contributed by atoms with Gasteiger partial charge < -0.3 is 23.7 Å². The molecule has 0 spiro atoms. The minimum Gasteiger partial charge on any atom is -0.451 e. The molecule has 7 nitrogen and oxygen atoms in total. The van der Waals surface area contributed by atoms with E-state index in [9.17, 15) is 14.3 Å². The highest BCUT2D eigenvalue weighted by Crippen LogP contribution is 2.44. The maximum Gasteiger partial charge on any atom is 0.254 e. The summed E-state index contributed by atoms with van der Waals surface area (Å²) in [6.07, 6.45) is 4.61. The zero-order valence-corrected chi connectivity index (χ0v) is 23.7. The average Bonchev–Trinajstić information content (AvgIpc) is 3.60. The zero-order valence-electron chi connectivity index (χ0n) is 23.7. The van der Waals surface area contributed by atoms with Gasteiger partial charge in [-0.25, -0.2) is 9.37 Å². The minimum absolute atomic E-state index is 0.129. The fourth-order valence-corrected chi connectivity index (χ4v) is 6.09. The van der Waals surface area contributed by atoms with Crippen LogP contribution < -0.4 is 0 Å². The van der Waals surface area contributed by atoms with Crippen LogP contribution in [0.3, 0.4) is 0 Å². The third kappa shape index (κ3) is 4.91. The molecule has 0 bridgehead atoms. The lowest BCUT2D eigenvalue weighted by Gasteiger charge is -2.33. The second kappa shape index (κ2) is 10.4. The number of nitrogens with zero attached hydrogens (tertiary/aromatic N) is 3. The van der Waals surface area contributed by atoms with Crippen molar-refractivity contribution in [1.82, 2.24) is 14.5 Å². The summed E-state index contributed by atoms with van der Waals surface area (Å²) in [7, 11) is 3.48. The number of aliphatic hydroxyl groups is 1. The van der Waals surface area contributed by atoms with Crippen molar-refractivity contribution in [3.8, 4) is 11.3 Å². The van der Waals surface area contributed by atoms with E-state index < -0.39 is 5.60 Å². The predicted octanol–water partition coefficient (Wildman–Crippen LogP) is 6.53. The second-order valence-corrected chi connectivity index (χ2v) is 11.6. The van der Waals surface area contributed by atoms with Gasteiger partial charge >= 0.3 is 0 Å². The van der Waals surface area contributed by atoms with E-state index in [2.05, 4.69) is 15.6 Å². The molecule has 3 aromatic carbocycles. The number of oxazole rings is 1. The Morgan fingerprint density at radius 3 is 2.44 bits per heavy atom. The molecular weight excluding hydrogens is 521 g/mol. The van der Waals surface area contributed by atoms with Crippen LogP contribution in [0.5, 0.6) is 0 Å². The van der Waals surface area contributed by atoms with Crippen LogP contribution in [0.1, 0.15) is 54.2 Å². The largest absolute Gasteiger partial charge is 0.451 e. The number of benzene rings is 3. The van der Waals surface area contributed by atoms with Gasteiger partial charge in [0, 0.05) is 43.6 Å². The molecule has 5 aromatic rings. The Bertz CT molecular complexity index is 1710. The van der Waals surface area contributed by atoms with E-state index in [0.29, 0.717) is 24.5 Å². The van der Waals surface area contributed by atoms with Crippen molar-refractivity contribution in [3.63, 3.8) is 0 Å². The van der Waals surface area contributed by atoms with Crippen LogP contribution in [0.2, 0.25) is 0 Å². The Hall–Kier alpha value is -4.01. The molecule has 6 rings (SSSR count). The van der Waals surface area contributed by atoms with Gasteiger partial charge in [0.05, 0.1) is 28.2 Å². The van der Waals surface area contributed by atoms with E-state index in [-0.39, 0.29) is 23.7 Å². The molecule has 2 aromatic heterocycles. The molecule has 1 amide bonds. The summed E-state index contributed by atoms with van der Waals surface area (Å²) in [6.45, 7) is 4.81. The molecule has 3 heterocycles. The number of amides is 1. The Balaban J connectivity index is 1.76. The van der Waals surface area contributed by atoms with E-state index in [4.69, 9.17) is 9.15 Å². The van der Waals surface area contributed by atoms with Crippen LogP contribution in [0.25, 0.3) is 33.1 Å². The highest BCUT2D eigenvalue weighted by molar-refractivity contribution is 6.19. The standard InChI is InChI=1S/C33H34FN3O4/c1-33(2,39)23-7-10-25-28(17-23)37(31(21-11-13-40-14-12-21)20-5-8-24(34)9-6-20)29-16-22(27-18-41-19-35-27)15-26(30(25)29)32(38)36(3)4/h5-10,15-19,21,31,39H,11-14H2,1-4H3. The molecule has 212 valence electrons. The maximum atomic E-state index is 14.1. The van der Waals surface area contributed by atoms with Crippen molar-refractivity contribution in [2.24, 2.45) is 5.92 Å². The van der Waals surface area contributed by atoms with Gasteiger partial charge in [0.15, 0.2) is 6.39 Å². The Kier molecular flexibility index (Phi) is 6.91. The third-order valence-electron chi connectivity index (χ3n) is 8.18. The zero-order chi connectivity index (χ0) is 28.9. The molecule has 1 N–H and O–H groups in total. The lowest BCUT2D eigenvalue weighted by atomic mass is 9.86. The summed E-state index contributed by atoms with van der Waals surface area (Å²) in [5, 5.41) is 12.7. The van der Waals surface area contributed by atoms with Gasteiger partial charge in [0.25, 0.3) is 5.91 Å². The lowest BCUT2D eigenvalue weighted by Crippen LogP contribution is -2.27. The number of carbonyl (C=O) groups is 1. The SMILES string of the molecule is CN(C)C(=O)c1cc(-c2cocn2)cc2c1c1ccc(C(C)(C)O)cc1n2C(c1ccc(F)cc1)C1CCOCC1. The van der Waals surface area contributed by atoms with E-state index in [0.717, 1.165) is 51.3 Å². The molecule has 1 aliphatic rings. The average molecular weight is 556 g/mol. The Labute approximate surface area is 238 Å². The molecule has 41 heavy (non-hydrogen) atoms. The van der Waals surface area contributed by atoms with Crippen LogP contribution in [0.4, 0.5) is 4.39 Å². The number of aromatic nitrogens is 2. The molecule has 0 saturated carbocycles. The first-order valence-electron chi connectivity index (χ1n) is 13.9. The first kappa shape index (κ1) is 27.2. The fraction of sp³-hybridized carbons (Fsp3) is 0.333. The predicted molar refractivity (Wildman–Crippen MR) is 156 cm³/mol. The number of hydrogen-bond acceptors (Lipinski definition) is 5. The smallest absolute Gasteiger partial charge is 0.254 e. The maximum absolute atomic E-state index is 14.1. The summed E-state index contributed by atoms with van der Waals surface area (Å²) in [5.41, 5.74) is 4.34. The molecule has 1 saturated heterocycles. The highest BCUT2D eigenvalue weighted by Gasteiger charge is 2.32. The minimum atomic E-state index is -1.08. The number of halogens is 1. The van der Waals surface area contributed by atoms with E-state index in [1.807, 2.05) is 36.4 Å². The third-order valence-corrected chi connectivity index (χ3v) is 8.18. The van der Waals surface area contributed by atoms with Crippen molar-refractivity contribution in [1.29, 1.82) is 0 Å². The van der Waals surface area contributed by atoms with Crippen LogP contribution in [0, 0.1) is 11.7 Å². The topological polar surface area (TPSA) is 80.7 Å². The molecule has 1 atom stereocenters. The molecule has 0 radical (unpaired) electrons. The van der Waals surface area contributed by atoms with Gasteiger partial charge in [-0.3, -0.25) is 4.79 Å². The Morgan fingerprint density at radius 1 is 1.07 bits per heavy atom. The first-order valence-corrected chi connectivity index (χ1v) is 13.9. The van der Waals surface area contributed by atoms with Crippen molar-refractivity contribution >= 4 is 27.7 Å². The number of rotatable bonds is 6. The summed E-state index contributed by atoms with van der Waals surface area (Å²) < 4.78 is 27.5. The van der Waals surface area contributed by atoms with Gasteiger partial charge in [-0.2, -0.15) is 0 Å². The molecule has 1 unspecified atom stereocenters. The molecule has 8 heteroatoms. The lowest BCUT2D eigenvalue weighted by molar-refractivity contribution is 0.0552. The monoisotopic (exact) mass is 555 g/mol. The summed E-state index contributed by atoms with van der Waals surface area (Å²) in [4.78, 5) is 19.7. The highest BCUT2D eigenvalue weighted by atomic mass is 19.1. The van der Waals surface area contributed by atoms with Crippen molar-refractivity contribution in [3.05, 3.63) is 89.8 Å². The van der Waals surface area contributed by atoms with Gasteiger partial charge in [0.2, 0.25) is 0 Å². The molecule has 0 aliphatic carbocycles. The number of ether oxygens (including phenoxy) is 1. The van der Waals surface area contributed by atoms with Gasteiger partial charge in [-0.1, -0.05) is 24.3 Å². The summed E-state index contributed by atoms with van der Waals surface area (Å²) >= 11 is 0. The van der Waals surface area contributed by atoms with Crippen molar-refractivity contribution in [2.45, 2.75) is 38.3 Å². The van der Waals surface area contributed by atoms with Gasteiger partial charge in [0.1, 0.15) is 17.8 Å². The second-order valence-electron chi connectivity index (χ2n) is 11.6. The molecule has 1 fully saturated rings. The van der Waals surface area contributed by atoms with Gasteiger partial charge in [-0.15, -0.1) is 0 Å². The van der Waals surface area contributed by atoms with Crippen LogP contribution in [-0.4, -0.2) is 52.8 Å². The van der Waals surface area contributed by atoms with Crippen molar-refractivity contribution < 1.29 is 23.4 Å². The first-order chi connectivity index (χ1) is 19.6. The molecule has 1 aliphatic heterocycles. The van der Waals surface area contributed by atoms with E-state index >= 15 is 0 Å². The summed E-state index contributed by atoms with van der Waals surface area (Å²) in [5.74, 6) is -0.226. The fourth-order valence-electron chi connectivity index (χ4n) is 6.09. The summed E-state index contributed by atoms with van der Waals surface area (Å²) in [6, 6.07) is 16.4. The van der Waals surface area contributed by atoms with E-state index in [1.165, 1.54) is 18.5 Å². The number of hydrogen-bond donors (Lipinski definition) is 1. The number of fused-ring (bicyclic) bond motifs is 3. The van der Waals surface area contributed by atoms with Gasteiger partial charge in [-0.05, 0) is 74.1 Å². The normalized spacial score (nSPS) is 15.5. The number of carbonyl (C=O) groups excluding carboxylic acids is 1. The quantitative estimate of drug-likeness (QED) is 0.258. The van der Waals surface area contributed by atoms with Crippen LogP contribution in [-0.2, 0) is 10.3 Å².